The molecule has 0 bridgehead atoms. The van der Waals surface area contributed by atoms with Gasteiger partial charge in [-0.3, -0.25) is 19.2 Å². The maximum atomic E-state index is 9.00. The van der Waals surface area contributed by atoms with Crippen LogP contribution in [0.5, 0.6) is 0 Å². The first-order chi connectivity index (χ1) is 10.3. The van der Waals surface area contributed by atoms with Crippen LogP contribution in [0.3, 0.4) is 0 Å². The molecule has 0 spiro atoms. The van der Waals surface area contributed by atoms with E-state index in [1.807, 2.05) is 0 Å². The molecule has 12 heteroatoms. The summed E-state index contributed by atoms with van der Waals surface area (Å²) in [5.74, 6) is -2.50. The number of aliphatic hydroxyl groups excluding tert-OH is 4. The van der Waals surface area contributed by atoms with Crippen molar-refractivity contribution in [2.45, 2.75) is 33.0 Å². The predicted octanol–water partition coefficient (Wildman–Crippen LogP) is -2.33. The molecule has 0 saturated heterocycles. The Kier molecular flexibility index (Phi) is 39.6. The molecule has 0 aliphatic heterocycles. The summed E-state index contributed by atoms with van der Waals surface area (Å²) in [7, 11) is 0. The van der Waals surface area contributed by atoms with Crippen molar-refractivity contribution < 1.29 is 60.0 Å². The number of carboxylic acids is 3. The molecule has 0 fully saturated rings. The fourth-order valence-electron chi connectivity index (χ4n) is 0.243. The summed E-state index contributed by atoms with van der Waals surface area (Å²) < 4.78 is 0. The van der Waals surface area contributed by atoms with Crippen molar-refractivity contribution in [3.63, 3.8) is 0 Å². The molecule has 12 nitrogen and oxygen atoms in total. The Morgan fingerprint density at radius 1 is 0.783 bits per heavy atom. The molecule has 0 aliphatic rings. The van der Waals surface area contributed by atoms with Gasteiger partial charge in [0.2, 0.25) is 0 Å². The third kappa shape index (κ3) is 189. The topological polar surface area (TPSA) is 230 Å². The Morgan fingerprint density at radius 3 is 0.913 bits per heavy atom. The predicted molar refractivity (Wildman–Crippen MR) is 74.8 cm³/mol. The Morgan fingerprint density at radius 2 is 0.870 bits per heavy atom. The molecule has 0 aromatic carbocycles. The number of carbonyl (C=O) groups is 4. The third-order valence-corrected chi connectivity index (χ3v) is 0.818. The van der Waals surface area contributed by atoms with Gasteiger partial charge in [0.15, 0.2) is 0 Å². The molecule has 0 aromatic rings. The average Bonchev–Trinajstić information content (AvgIpc) is 2.35. The highest BCUT2D eigenvalue weighted by molar-refractivity contribution is 5.63. The van der Waals surface area contributed by atoms with E-state index in [0.29, 0.717) is 0 Å². The smallest absolute Gasteiger partial charge is 0.300 e. The van der Waals surface area contributed by atoms with E-state index in [-0.39, 0.29) is 6.47 Å². The molecule has 0 aliphatic carbocycles. The molecular weight excluding hydrogens is 324 g/mol. The average molecular weight is 348 g/mol. The number of hydrogen-bond acceptors (Lipinski definition) is 8. The normalized spacial score (nSPS) is 10.0. The quantitative estimate of drug-likeness (QED) is 0.251. The molecule has 2 unspecified atom stereocenters. The molecule has 0 aromatic heterocycles. The first-order valence-electron chi connectivity index (χ1n) is 5.58. The summed E-state index contributed by atoms with van der Waals surface area (Å²) in [6.07, 6.45) is -2.44. The van der Waals surface area contributed by atoms with Crippen molar-refractivity contribution in [3.8, 4) is 0 Å². The lowest BCUT2D eigenvalue weighted by Crippen LogP contribution is -2.31. The second kappa shape index (κ2) is 28.0. The van der Waals surface area contributed by atoms with Crippen LogP contribution in [0.15, 0.2) is 0 Å². The minimum absolute atomic E-state index is 0.250. The summed E-state index contributed by atoms with van der Waals surface area (Å²) >= 11 is 0. The lowest BCUT2D eigenvalue weighted by Gasteiger charge is -2.10. The summed E-state index contributed by atoms with van der Waals surface area (Å²) in [4.78, 5) is 35.4. The molecule has 8 N–H and O–H groups in total. The lowest BCUT2D eigenvalue weighted by molar-refractivity contribution is -0.135. The number of rotatable bonds is 3. The van der Waals surface area contributed by atoms with Gasteiger partial charge in [0.1, 0.15) is 12.2 Å². The van der Waals surface area contributed by atoms with E-state index >= 15 is 0 Å². The largest absolute Gasteiger partial charge is 0.483 e. The Bertz CT molecular complexity index is 242. The van der Waals surface area contributed by atoms with Crippen molar-refractivity contribution in [2.75, 3.05) is 13.2 Å². The van der Waals surface area contributed by atoms with Crippen LogP contribution in [0.4, 0.5) is 0 Å². The van der Waals surface area contributed by atoms with Gasteiger partial charge in [0.05, 0.1) is 13.2 Å². The van der Waals surface area contributed by atoms with Gasteiger partial charge in [-0.25, -0.2) is 0 Å². The highest BCUT2D eigenvalue weighted by Crippen LogP contribution is 1.88. The standard InChI is InChI=1S/C4H10O4.3C2H4O2.CH2O2/c5-1-3(7)4(8)2-6;3*1-2(3)4;2-1-3/h3-8H,1-2H2;3*1H3,(H,3,4);1H,(H,2,3). The molecule has 0 amide bonds. The zero-order valence-electron chi connectivity index (χ0n) is 12.9. The van der Waals surface area contributed by atoms with Gasteiger partial charge < -0.3 is 40.9 Å². The van der Waals surface area contributed by atoms with Gasteiger partial charge in [0, 0.05) is 20.8 Å². The number of aliphatic hydroxyl groups is 4. The highest BCUT2D eigenvalue weighted by Gasteiger charge is 2.12. The first-order valence-corrected chi connectivity index (χ1v) is 5.58. The minimum atomic E-state index is -1.22. The van der Waals surface area contributed by atoms with Crippen molar-refractivity contribution in [1.82, 2.24) is 0 Å². The first kappa shape index (κ1) is 32.6. The van der Waals surface area contributed by atoms with E-state index < -0.39 is 43.3 Å². The molecule has 23 heavy (non-hydrogen) atoms. The third-order valence-electron chi connectivity index (χ3n) is 0.818. The molecular formula is C11H24O12. The van der Waals surface area contributed by atoms with Crippen LogP contribution in [0.25, 0.3) is 0 Å². The van der Waals surface area contributed by atoms with Crippen LogP contribution in [-0.4, -0.2) is 90.7 Å². The second-order valence-corrected chi connectivity index (χ2v) is 3.16. The summed E-state index contributed by atoms with van der Waals surface area (Å²) in [6.45, 7) is 1.95. The van der Waals surface area contributed by atoms with Crippen LogP contribution in [0, 0.1) is 0 Å². The van der Waals surface area contributed by atoms with Crippen molar-refractivity contribution in [2.24, 2.45) is 0 Å². The van der Waals surface area contributed by atoms with Crippen LogP contribution in [0.2, 0.25) is 0 Å². The maximum absolute atomic E-state index is 9.00. The second-order valence-electron chi connectivity index (χ2n) is 3.16. The molecule has 0 rings (SSSR count). The summed E-state index contributed by atoms with van der Waals surface area (Å²) in [5.41, 5.74) is 0. The van der Waals surface area contributed by atoms with E-state index in [1.165, 1.54) is 0 Å². The maximum Gasteiger partial charge on any atom is 0.300 e. The van der Waals surface area contributed by atoms with Gasteiger partial charge in [-0.15, -0.1) is 0 Å². The number of hydrogen-bond donors (Lipinski definition) is 8. The molecule has 2 atom stereocenters. The van der Waals surface area contributed by atoms with Crippen LogP contribution in [0.1, 0.15) is 20.8 Å². The van der Waals surface area contributed by atoms with Crippen LogP contribution < -0.4 is 0 Å². The van der Waals surface area contributed by atoms with Gasteiger partial charge in [0.25, 0.3) is 24.4 Å². The zero-order chi connectivity index (χ0) is 20.0. The van der Waals surface area contributed by atoms with Gasteiger partial charge in [-0.05, 0) is 0 Å². The SMILES string of the molecule is CC(=O)O.CC(=O)O.CC(=O)O.O=CO.OCC(O)C(O)CO. The number of carboxylic acid groups (broad SMARTS) is 4. The van der Waals surface area contributed by atoms with Gasteiger partial charge >= 0.3 is 0 Å². The van der Waals surface area contributed by atoms with Gasteiger partial charge in [-0.2, -0.15) is 0 Å². The van der Waals surface area contributed by atoms with E-state index in [1.54, 1.807) is 0 Å². The Hall–Kier alpha value is -2.28. The Labute approximate surface area is 131 Å². The van der Waals surface area contributed by atoms with Crippen LogP contribution >= 0.6 is 0 Å². The zero-order valence-corrected chi connectivity index (χ0v) is 12.9. The monoisotopic (exact) mass is 348 g/mol. The molecule has 140 valence electrons. The van der Waals surface area contributed by atoms with E-state index in [9.17, 15) is 0 Å². The van der Waals surface area contributed by atoms with E-state index in [4.69, 9.17) is 60.0 Å². The van der Waals surface area contributed by atoms with Crippen molar-refractivity contribution in [3.05, 3.63) is 0 Å². The lowest BCUT2D eigenvalue weighted by atomic mass is 10.2. The van der Waals surface area contributed by atoms with Gasteiger partial charge in [-0.1, -0.05) is 0 Å². The number of aliphatic carboxylic acids is 3. The minimum Gasteiger partial charge on any atom is -0.483 e. The molecule has 0 heterocycles. The fraction of sp³-hybridized carbons (Fsp3) is 0.636. The van der Waals surface area contributed by atoms with Crippen molar-refractivity contribution in [1.29, 1.82) is 0 Å². The highest BCUT2D eigenvalue weighted by atomic mass is 16.4. The molecule has 0 radical (unpaired) electrons. The van der Waals surface area contributed by atoms with Crippen LogP contribution in [-0.2, 0) is 19.2 Å². The van der Waals surface area contributed by atoms with E-state index in [0.717, 1.165) is 20.8 Å². The summed E-state index contributed by atoms with van der Waals surface area (Å²) in [5, 5.41) is 62.3. The van der Waals surface area contributed by atoms with Crippen molar-refractivity contribution >= 4 is 24.4 Å². The summed E-state index contributed by atoms with van der Waals surface area (Å²) in [6, 6.07) is 0. The fourth-order valence-corrected chi connectivity index (χ4v) is 0.243. The molecule has 0 saturated carbocycles. The Balaban J connectivity index is -0.0000000624. The van der Waals surface area contributed by atoms with E-state index in [2.05, 4.69) is 0 Å².